The van der Waals surface area contributed by atoms with Gasteiger partial charge in [-0.1, -0.05) is 0 Å². The molecule has 0 radical (unpaired) electrons. The quantitative estimate of drug-likeness (QED) is 0.863. The van der Waals surface area contributed by atoms with Crippen molar-refractivity contribution in [3.63, 3.8) is 0 Å². The van der Waals surface area contributed by atoms with Crippen molar-refractivity contribution in [2.45, 2.75) is 65.2 Å². The Balaban J connectivity index is 1.98. The Hall–Kier alpha value is -0.160. The summed E-state index contributed by atoms with van der Waals surface area (Å²) in [6.45, 7) is 17.3. The third-order valence-electron chi connectivity index (χ3n) is 4.60. The summed E-state index contributed by atoms with van der Waals surface area (Å²) in [6.07, 6.45) is 3.02. The molecular weight excluding hydrogens is 264 g/mol. The number of ether oxygens (including phenoxy) is 2. The topological polar surface area (TPSA) is 33.7 Å². The zero-order chi connectivity index (χ0) is 15.5. The Kier molecular flexibility index (Phi) is 5.69. The van der Waals surface area contributed by atoms with E-state index in [1.54, 1.807) is 0 Å². The van der Waals surface area contributed by atoms with Crippen molar-refractivity contribution < 1.29 is 9.47 Å². The second-order valence-corrected chi connectivity index (χ2v) is 8.17. The van der Waals surface area contributed by atoms with Crippen molar-refractivity contribution >= 4 is 0 Å². The SMILES string of the molecule is CC1CN(CC2(CNC(C)(C)C)CCOCC2)CC(C)O1. The zero-order valence-corrected chi connectivity index (χ0v) is 14.6. The normalized spacial score (nSPS) is 31.3. The van der Waals surface area contributed by atoms with Crippen LogP contribution < -0.4 is 5.32 Å². The van der Waals surface area contributed by atoms with Gasteiger partial charge in [-0.2, -0.15) is 0 Å². The summed E-state index contributed by atoms with van der Waals surface area (Å²) >= 11 is 0. The number of hydrogen-bond donors (Lipinski definition) is 1. The molecule has 2 rings (SSSR count). The lowest BCUT2D eigenvalue weighted by Gasteiger charge is -2.45. The lowest BCUT2D eigenvalue weighted by atomic mass is 9.78. The molecule has 0 aromatic rings. The number of hydrogen-bond acceptors (Lipinski definition) is 4. The fraction of sp³-hybridized carbons (Fsp3) is 1.00. The maximum absolute atomic E-state index is 5.87. The van der Waals surface area contributed by atoms with Gasteiger partial charge in [0.25, 0.3) is 0 Å². The zero-order valence-electron chi connectivity index (χ0n) is 14.6. The van der Waals surface area contributed by atoms with Gasteiger partial charge in [-0.05, 0) is 52.9 Å². The van der Waals surface area contributed by atoms with Crippen LogP contribution in [0, 0.1) is 5.41 Å². The molecule has 0 saturated carbocycles. The van der Waals surface area contributed by atoms with E-state index in [-0.39, 0.29) is 5.54 Å². The number of morpholine rings is 1. The van der Waals surface area contributed by atoms with E-state index in [4.69, 9.17) is 9.47 Å². The van der Waals surface area contributed by atoms with Gasteiger partial charge in [-0.25, -0.2) is 0 Å². The van der Waals surface area contributed by atoms with E-state index < -0.39 is 0 Å². The highest BCUT2D eigenvalue weighted by Gasteiger charge is 2.37. The van der Waals surface area contributed by atoms with Crippen LogP contribution in [0.4, 0.5) is 0 Å². The first-order chi connectivity index (χ1) is 9.78. The molecule has 1 N–H and O–H groups in total. The van der Waals surface area contributed by atoms with Crippen LogP contribution in [0.25, 0.3) is 0 Å². The predicted octanol–water partition coefficient (Wildman–Crippen LogP) is 2.28. The lowest BCUT2D eigenvalue weighted by Crippen LogP contribution is -2.54. The summed E-state index contributed by atoms with van der Waals surface area (Å²) in [4.78, 5) is 2.61. The van der Waals surface area contributed by atoms with E-state index in [0.29, 0.717) is 17.6 Å². The Morgan fingerprint density at radius 3 is 2.19 bits per heavy atom. The first-order valence-corrected chi connectivity index (χ1v) is 8.49. The smallest absolute Gasteiger partial charge is 0.0678 e. The fourth-order valence-corrected chi connectivity index (χ4v) is 3.54. The van der Waals surface area contributed by atoms with E-state index in [9.17, 15) is 0 Å². The molecule has 2 aliphatic heterocycles. The van der Waals surface area contributed by atoms with Gasteiger partial charge in [0.2, 0.25) is 0 Å². The molecule has 0 amide bonds. The van der Waals surface area contributed by atoms with Crippen LogP contribution in [0.5, 0.6) is 0 Å². The van der Waals surface area contributed by atoms with Crippen molar-refractivity contribution in [1.82, 2.24) is 10.2 Å². The molecule has 2 unspecified atom stereocenters. The van der Waals surface area contributed by atoms with E-state index >= 15 is 0 Å². The molecule has 0 bridgehead atoms. The highest BCUT2D eigenvalue weighted by atomic mass is 16.5. The van der Waals surface area contributed by atoms with E-state index in [2.05, 4.69) is 44.8 Å². The highest BCUT2D eigenvalue weighted by Crippen LogP contribution is 2.32. The van der Waals surface area contributed by atoms with Crippen LogP contribution in [0.3, 0.4) is 0 Å². The summed E-state index contributed by atoms with van der Waals surface area (Å²) in [5, 5.41) is 3.73. The van der Waals surface area contributed by atoms with Crippen molar-refractivity contribution in [2.75, 3.05) is 39.4 Å². The van der Waals surface area contributed by atoms with Crippen molar-refractivity contribution in [1.29, 1.82) is 0 Å². The average Bonchev–Trinajstić information content (AvgIpc) is 2.35. The molecule has 2 aliphatic rings. The van der Waals surface area contributed by atoms with Crippen LogP contribution >= 0.6 is 0 Å². The molecule has 2 atom stereocenters. The Labute approximate surface area is 130 Å². The Morgan fingerprint density at radius 1 is 1.10 bits per heavy atom. The average molecular weight is 298 g/mol. The number of rotatable bonds is 4. The molecule has 0 aliphatic carbocycles. The molecule has 2 fully saturated rings. The molecule has 2 heterocycles. The first-order valence-electron chi connectivity index (χ1n) is 8.49. The van der Waals surface area contributed by atoms with E-state index in [1.165, 1.54) is 0 Å². The Bertz CT molecular complexity index is 311. The molecule has 0 spiro atoms. The van der Waals surface area contributed by atoms with Crippen molar-refractivity contribution in [3.8, 4) is 0 Å². The second kappa shape index (κ2) is 6.95. The first kappa shape index (κ1) is 17.2. The third-order valence-corrected chi connectivity index (χ3v) is 4.60. The highest BCUT2D eigenvalue weighted by molar-refractivity contribution is 4.90. The minimum Gasteiger partial charge on any atom is -0.381 e. The summed E-state index contributed by atoms with van der Waals surface area (Å²) in [6, 6.07) is 0. The van der Waals surface area contributed by atoms with Crippen LogP contribution in [-0.2, 0) is 9.47 Å². The maximum Gasteiger partial charge on any atom is 0.0678 e. The largest absolute Gasteiger partial charge is 0.381 e. The van der Waals surface area contributed by atoms with Gasteiger partial charge in [-0.3, -0.25) is 4.90 Å². The van der Waals surface area contributed by atoms with Gasteiger partial charge in [0, 0.05) is 44.9 Å². The van der Waals surface area contributed by atoms with Gasteiger partial charge in [0.15, 0.2) is 0 Å². The minimum absolute atomic E-state index is 0.177. The molecule has 124 valence electrons. The summed E-state index contributed by atoms with van der Waals surface area (Å²) < 4.78 is 11.5. The minimum atomic E-state index is 0.177. The van der Waals surface area contributed by atoms with Gasteiger partial charge in [-0.15, -0.1) is 0 Å². The lowest BCUT2D eigenvalue weighted by molar-refractivity contribution is -0.0881. The summed E-state index contributed by atoms with van der Waals surface area (Å²) in [7, 11) is 0. The molecule has 21 heavy (non-hydrogen) atoms. The van der Waals surface area contributed by atoms with Crippen LogP contribution in [0.2, 0.25) is 0 Å². The summed E-state index contributed by atoms with van der Waals surface area (Å²) in [5.74, 6) is 0. The fourth-order valence-electron chi connectivity index (χ4n) is 3.54. The number of nitrogens with zero attached hydrogens (tertiary/aromatic N) is 1. The third kappa shape index (κ3) is 5.51. The molecule has 4 nitrogen and oxygen atoms in total. The van der Waals surface area contributed by atoms with Gasteiger partial charge < -0.3 is 14.8 Å². The van der Waals surface area contributed by atoms with Gasteiger partial charge in [0.05, 0.1) is 12.2 Å². The molecular formula is C17H34N2O2. The maximum atomic E-state index is 5.87. The van der Waals surface area contributed by atoms with Crippen molar-refractivity contribution in [2.24, 2.45) is 5.41 Å². The van der Waals surface area contributed by atoms with Crippen molar-refractivity contribution in [3.05, 3.63) is 0 Å². The molecule has 2 saturated heterocycles. The van der Waals surface area contributed by atoms with Crippen LogP contribution in [-0.4, -0.2) is 62.0 Å². The second-order valence-electron chi connectivity index (χ2n) is 8.17. The van der Waals surface area contributed by atoms with Crippen LogP contribution in [0.15, 0.2) is 0 Å². The van der Waals surface area contributed by atoms with Gasteiger partial charge >= 0.3 is 0 Å². The van der Waals surface area contributed by atoms with E-state index in [0.717, 1.165) is 52.2 Å². The molecule has 0 aromatic heterocycles. The number of nitrogens with one attached hydrogen (secondary N) is 1. The van der Waals surface area contributed by atoms with E-state index in [1.807, 2.05) is 0 Å². The summed E-state index contributed by atoms with van der Waals surface area (Å²) in [5.41, 5.74) is 0.527. The predicted molar refractivity (Wildman–Crippen MR) is 86.7 cm³/mol. The Morgan fingerprint density at radius 2 is 1.67 bits per heavy atom. The molecule has 4 heteroatoms. The monoisotopic (exact) mass is 298 g/mol. The molecule has 0 aromatic carbocycles. The van der Waals surface area contributed by atoms with Gasteiger partial charge in [0.1, 0.15) is 0 Å². The van der Waals surface area contributed by atoms with Crippen LogP contribution in [0.1, 0.15) is 47.5 Å². The standard InChI is InChI=1S/C17H34N2O2/c1-14-10-19(11-15(2)21-14)13-17(6-8-20-9-7-17)12-18-16(3,4)5/h14-15,18H,6-13H2,1-5H3.